The monoisotopic (exact) mass is 440 g/mol. The molecule has 6 nitrogen and oxygen atoms in total. The van der Waals surface area contributed by atoms with E-state index in [2.05, 4.69) is 26.0 Å². The first-order valence-electron chi connectivity index (χ1n) is 7.13. The van der Waals surface area contributed by atoms with Crippen molar-refractivity contribution < 1.29 is 17.6 Å². The summed E-state index contributed by atoms with van der Waals surface area (Å²) in [5.74, 6) is 0.382. The molecule has 0 saturated carbocycles. The van der Waals surface area contributed by atoms with Crippen LogP contribution < -0.4 is 10.0 Å². The van der Waals surface area contributed by atoms with Crippen LogP contribution in [0, 0.1) is 0 Å². The average Bonchev–Trinajstić information content (AvgIpc) is 3.24. The van der Waals surface area contributed by atoms with E-state index in [4.69, 9.17) is 4.42 Å². The van der Waals surface area contributed by atoms with Crippen LogP contribution in [0.25, 0.3) is 0 Å². The van der Waals surface area contributed by atoms with Gasteiger partial charge in [-0.25, -0.2) is 8.42 Å². The number of benzene rings is 1. The molecule has 0 bridgehead atoms. The zero-order valence-electron chi connectivity index (χ0n) is 12.7. The average molecular weight is 441 g/mol. The number of thiophene rings is 1. The predicted octanol–water partition coefficient (Wildman–Crippen LogP) is 3.83. The minimum Gasteiger partial charge on any atom is -0.467 e. The fourth-order valence-corrected chi connectivity index (χ4v) is 5.09. The minimum atomic E-state index is -3.64. The molecule has 0 atom stereocenters. The molecule has 1 amide bonds. The molecule has 0 unspecified atom stereocenters. The van der Waals surface area contributed by atoms with Gasteiger partial charge >= 0.3 is 0 Å². The molecular weight excluding hydrogens is 428 g/mol. The van der Waals surface area contributed by atoms with Gasteiger partial charge in [-0.2, -0.15) is 0 Å². The van der Waals surface area contributed by atoms with Crippen molar-refractivity contribution in [3.05, 3.63) is 69.9 Å². The maximum Gasteiger partial charge on any atom is 0.271 e. The molecule has 0 aliphatic carbocycles. The number of furan rings is 1. The molecular formula is C16H13BrN2O4S2. The number of hydrogen-bond acceptors (Lipinski definition) is 5. The van der Waals surface area contributed by atoms with Crippen LogP contribution in [0.4, 0.5) is 5.69 Å². The third-order valence-electron chi connectivity index (χ3n) is 3.22. The molecule has 2 heterocycles. The predicted molar refractivity (Wildman–Crippen MR) is 99.1 cm³/mol. The van der Waals surface area contributed by atoms with E-state index in [0.29, 0.717) is 17.0 Å². The number of anilines is 1. The highest BCUT2D eigenvalue weighted by atomic mass is 79.9. The van der Waals surface area contributed by atoms with Crippen molar-refractivity contribution in [2.45, 2.75) is 10.8 Å². The van der Waals surface area contributed by atoms with Crippen molar-refractivity contribution >= 4 is 48.9 Å². The highest BCUT2D eigenvalue weighted by Gasteiger charge is 2.17. The van der Waals surface area contributed by atoms with Crippen molar-refractivity contribution in [2.24, 2.45) is 0 Å². The molecule has 0 spiro atoms. The normalized spacial score (nSPS) is 11.2. The summed E-state index contributed by atoms with van der Waals surface area (Å²) in [7, 11) is -3.64. The van der Waals surface area contributed by atoms with E-state index in [0.717, 1.165) is 15.1 Å². The second-order valence-corrected chi connectivity index (χ2v) is 9.38. The lowest BCUT2D eigenvalue weighted by Crippen LogP contribution is -2.22. The topological polar surface area (TPSA) is 88.4 Å². The number of halogens is 1. The summed E-state index contributed by atoms with van der Waals surface area (Å²) in [5, 5.41) is 2.72. The molecule has 0 saturated heterocycles. The van der Waals surface area contributed by atoms with E-state index in [1.165, 1.54) is 12.3 Å². The van der Waals surface area contributed by atoms with Gasteiger partial charge in [0.15, 0.2) is 0 Å². The standard InChI is InChI=1S/C16H13BrN2O4S2/c17-14-7-8-15(24-14)25(21,22)19-12-5-3-11(4-6-12)16(20)18-10-13-2-1-9-23-13/h1-9,19H,10H2,(H,18,20). The third kappa shape index (κ3) is 4.50. The Morgan fingerprint density at radius 2 is 1.88 bits per heavy atom. The summed E-state index contributed by atoms with van der Waals surface area (Å²) >= 11 is 4.36. The fourth-order valence-electron chi connectivity index (χ4n) is 2.02. The van der Waals surface area contributed by atoms with Gasteiger partial charge in [0, 0.05) is 11.3 Å². The van der Waals surface area contributed by atoms with E-state index in [1.807, 2.05) is 0 Å². The van der Waals surface area contributed by atoms with Gasteiger partial charge in [0.2, 0.25) is 0 Å². The van der Waals surface area contributed by atoms with Crippen LogP contribution in [-0.4, -0.2) is 14.3 Å². The Kier molecular flexibility index (Phi) is 5.26. The molecule has 0 aliphatic heterocycles. The summed E-state index contributed by atoms with van der Waals surface area (Å²) in [5.41, 5.74) is 0.806. The van der Waals surface area contributed by atoms with Crippen molar-refractivity contribution in [2.75, 3.05) is 4.72 Å². The van der Waals surface area contributed by atoms with Crippen molar-refractivity contribution in [3.8, 4) is 0 Å². The van der Waals surface area contributed by atoms with Crippen LogP contribution in [0.3, 0.4) is 0 Å². The van der Waals surface area contributed by atoms with E-state index >= 15 is 0 Å². The minimum absolute atomic E-state index is 0.208. The summed E-state index contributed by atoms with van der Waals surface area (Å²) in [6, 6.07) is 12.9. The SMILES string of the molecule is O=C(NCc1ccco1)c1ccc(NS(=O)(=O)c2ccc(Br)s2)cc1. The smallest absolute Gasteiger partial charge is 0.271 e. The summed E-state index contributed by atoms with van der Waals surface area (Å²) in [4.78, 5) is 12.1. The highest BCUT2D eigenvalue weighted by molar-refractivity contribution is 9.11. The number of nitrogens with one attached hydrogen (secondary N) is 2. The Morgan fingerprint density at radius 1 is 1.12 bits per heavy atom. The number of amides is 1. The van der Waals surface area contributed by atoms with Crippen LogP contribution in [-0.2, 0) is 16.6 Å². The quantitative estimate of drug-likeness (QED) is 0.609. The van der Waals surface area contributed by atoms with E-state index in [1.54, 1.807) is 42.5 Å². The number of rotatable bonds is 6. The molecule has 3 rings (SSSR count). The van der Waals surface area contributed by atoms with Crippen LogP contribution in [0.1, 0.15) is 16.1 Å². The summed E-state index contributed by atoms with van der Waals surface area (Å²) < 4.78 is 33.1. The Labute approximate surface area is 157 Å². The first kappa shape index (κ1) is 17.7. The van der Waals surface area contributed by atoms with Gasteiger partial charge in [-0.05, 0) is 64.5 Å². The van der Waals surface area contributed by atoms with Gasteiger partial charge < -0.3 is 9.73 Å². The number of hydrogen-bond donors (Lipinski definition) is 2. The van der Waals surface area contributed by atoms with Gasteiger partial charge in [0.1, 0.15) is 9.97 Å². The Balaban J connectivity index is 1.64. The van der Waals surface area contributed by atoms with Gasteiger partial charge in [-0.1, -0.05) is 0 Å². The van der Waals surface area contributed by atoms with E-state index < -0.39 is 10.0 Å². The summed E-state index contributed by atoms with van der Waals surface area (Å²) in [6.07, 6.45) is 1.54. The zero-order valence-corrected chi connectivity index (χ0v) is 15.9. The molecule has 25 heavy (non-hydrogen) atoms. The molecule has 0 aliphatic rings. The largest absolute Gasteiger partial charge is 0.467 e. The molecule has 1 aromatic carbocycles. The van der Waals surface area contributed by atoms with E-state index in [9.17, 15) is 13.2 Å². The van der Waals surface area contributed by atoms with Crippen LogP contribution >= 0.6 is 27.3 Å². The van der Waals surface area contributed by atoms with Crippen molar-refractivity contribution in [1.82, 2.24) is 5.32 Å². The van der Waals surface area contributed by atoms with Crippen LogP contribution in [0.2, 0.25) is 0 Å². The Hall–Kier alpha value is -2.10. The summed E-state index contributed by atoms with van der Waals surface area (Å²) in [6.45, 7) is 0.285. The molecule has 0 radical (unpaired) electrons. The van der Waals surface area contributed by atoms with Crippen LogP contribution in [0.5, 0.6) is 0 Å². The van der Waals surface area contributed by atoms with Gasteiger partial charge in [0.25, 0.3) is 15.9 Å². The third-order valence-corrected chi connectivity index (χ3v) is 6.71. The molecule has 2 N–H and O–H groups in total. The first-order chi connectivity index (χ1) is 11.9. The molecule has 130 valence electrons. The number of sulfonamides is 1. The lowest BCUT2D eigenvalue weighted by Gasteiger charge is -2.07. The van der Waals surface area contributed by atoms with Gasteiger partial charge in [0.05, 0.1) is 16.6 Å². The second-order valence-electron chi connectivity index (χ2n) is 5.00. The van der Waals surface area contributed by atoms with E-state index in [-0.39, 0.29) is 16.7 Å². The van der Waals surface area contributed by atoms with Crippen molar-refractivity contribution in [1.29, 1.82) is 0 Å². The van der Waals surface area contributed by atoms with Crippen molar-refractivity contribution in [3.63, 3.8) is 0 Å². The lowest BCUT2D eigenvalue weighted by atomic mass is 10.2. The van der Waals surface area contributed by atoms with Crippen LogP contribution in [0.15, 0.2) is 67.2 Å². The van der Waals surface area contributed by atoms with Gasteiger partial charge in [-0.3, -0.25) is 9.52 Å². The Bertz CT molecular complexity index is 964. The lowest BCUT2D eigenvalue weighted by molar-refractivity contribution is 0.0948. The molecule has 9 heteroatoms. The number of carbonyl (C=O) groups excluding carboxylic acids is 1. The van der Waals surface area contributed by atoms with Gasteiger partial charge in [-0.15, -0.1) is 11.3 Å². The second kappa shape index (κ2) is 7.42. The Morgan fingerprint density at radius 3 is 2.48 bits per heavy atom. The molecule has 0 fully saturated rings. The maximum atomic E-state index is 12.3. The highest BCUT2D eigenvalue weighted by Crippen LogP contribution is 2.27. The zero-order chi connectivity index (χ0) is 17.9. The number of carbonyl (C=O) groups is 1. The fraction of sp³-hybridized carbons (Fsp3) is 0.0625. The first-order valence-corrected chi connectivity index (χ1v) is 10.2. The molecule has 2 aromatic heterocycles. The molecule has 3 aromatic rings. The maximum absolute atomic E-state index is 12.3.